The number of hydrogen-bond acceptors (Lipinski definition) is 3. The molecular weight excluding hydrogens is 356 g/mol. The summed E-state index contributed by atoms with van der Waals surface area (Å²) in [5.41, 5.74) is 2.12. The summed E-state index contributed by atoms with van der Waals surface area (Å²) in [5, 5.41) is 12.0. The molecule has 0 bridgehead atoms. The van der Waals surface area contributed by atoms with Crippen molar-refractivity contribution in [1.82, 2.24) is 5.32 Å². The predicted molar refractivity (Wildman–Crippen MR) is 91.3 cm³/mol. The van der Waals surface area contributed by atoms with E-state index in [1.807, 2.05) is 37.3 Å². The molecule has 1 aromatic carbocycles. The zero-order valence-electron chi connectivity index (χ0n) is 12.6. The molecule has 0 aliphatic heterocycles. The first-order chi connectivity index (χ1) is 11.1. The second-order valence-corrected chi connectivity index (χ2v) is 6.44. The molecule has 1 saturated carbocycles. The Labute approximate surface area is 142 Å². The quantitative estimate of drug-likeness (QED) is 0.647. The third-order valence-corrected chi connectivity index (χ3v) is 4.52. The maximum atomic E-state index is 11.9. The molecule has 4 nitrogen and oxygen atoms in total. The van der Waals surface area contributed by atoms with Gasteiger partial charge in [0.25, 0.3) is 5.91 Å². The highest BCUT2D eigenvalue weighted by Gasteiger charge is 2.24. The van der Waals surface area contributed by atoms with Crippen LogP contribution in [0.1, 0.15) is 24.2 Å². The normalized spacial score (nSPS) is 14.4. The van der Waals surface area contributed by atoms with Crippen LogP contribution in [0.4, 0.5) is 0 Å². The fourth-order valence-electron chi connectivity index (χ4n) is 2.17. The first-order valence-electron chi connectivity index (χ1n) is 7.36. The number of nitriles is 1. The molecule has 0 atom stereocenters. The van der Waals surface area contributed by atoms with Crippen molar-refractivity contribution in [1.29, 1.82) is 5.26 Å². The molecule has 1 aliphatic carbocycles. The van der Waals surface area contributed by atoms with Crippen molar-refractivity contribution in [3.8, 4) is 17.4 Å². The van der Waals surface area contributed by atoms with Crippen LogP contribution >= 0.6 is 15.9 Å². The van der Waals surface area contributed by atoms with Crippen LogP contribution in [-0.2, 0) is 4.79 Å². The minimum atomic E-state index is -0.340. The van der Waals surface area contributed by atoms with Crippen molar-refractivity contribution in [3.05, 3.63) is 51.7 Å². The largest absolute Gasteiger partial charge is 0.457 e. The second-order valence-electron chi connectivity index (χ2n) is 5.58. The lowest BCUT2D eigenvalue weighted by atomic mass is 10.1. The molecular formula is C18H15BrN2O2. The van der Waals surface area contributed by atoms with Gasteiger partial charge in [0.2, 0.25) is 0 Å². The topological polar surface area (TPSA) is 66.0 Å². The van der Waals surface area contributed by atoms with E-state index < -0.39 is 0 Å². The number of hydrogen-bond donors (Lipinski definition) is 1. The number of benzene rings is 1. The second kappa shape index (κ2) is 6.43. The number of halogens is 1. The molecule has 0 saturated heterocycles. The molecule has 3 rings (SSSR count). The van der Waals surface area contributed by atoms with Crippen molar-refractivity contribution in [2.75, 3.05) is 0 Å². The molecule has 1 heterocycles. The summed E-state index contributed by atoms with van der Waals surface area (Å²) in [5.74, 6) is 0.849. The summed E-state index contributed by atoms with van der Waals surface area (Å²) in [6.45, 7) is 2.01. The van der Waals surface area contributed by atoms with Crippen LogP contribution in [0.25, 0.3) is 17.4 Å². The lowest BCUT2D eigenvalue weighted by molar-refractivity contribution is -0.117. The van der Waals surface area contributed by atoms with E-state index in [0.717, 1.165) is 28.4 Å². The van der Waals surface area contributed by atoms with Gasteiger partial charge >= 0.3 is 0 Å². The Balaban J connectivity index is 1.82. The highest BCUT2D eigenvalue weighted by molar-refractivity contribution is 9.10. The van der Waals surface area contributed by atoms with Crippen LogP contribution in [0.3, 0.4) is 0 Å². The highest BCUT2D eigenvalue weighted by Crippen LogP contribution is 2.27. The summed E-state index contributed by atoms with van der Waals surface area (Å²) >= 11 is 3.47. The minimum absolute atomic E-state index is 0.0600. The number of nitrogens with zero attached hydrogens (tertiary/aromatic N) is 1. The average molecular weight is 371 g/mol. The zero-order valence-corrected chi connectivity index (χ0v) is 14.2. The Morgan fingerprint density at radius 1 is 1.39 bits per heavy atom. The Morgan fingerprint density at radius 3 is 2.83 bits per heavy atom. The number of rotatable bonds is 4. The Bertz CT molecular complexity index is 826. The predicted octanol–water partition coefficient (Wildman–Crippen LogP) is 4.20. The van der Waals surface area contributed by atoms with E-state index >= 15 is 0 Å². The summed E-state index contributed by atoms with van der Waals surface area (Å²) in [6, 6.07) is 11.7. The molecule has 0 radical (unpaired) electrons. The monoisotopic (exact) mass is 370 g/mol. The van der Waals surface area contributed by atoms with Crippen molar-refractivity contribution < 1.29 is 9.21 Å². The molecule has 2 aromatic rings. The van der Waals surface area contributed by atoms with E-state index in [0.29, 0.717) is 11.5 Å². The van der Waals surface area contributed by atoms with E-state index in [1.165, 1.54) is 6.08 Å². The summed E-state index contributed by atoms with van der Waals surface area (Å²) in [6.07, 6.45) is 3.45. The number of nitrogens with one attached hydrogen (secondary N) is 1. The molecule has 1 aromatic heterocycles. The van der Waals surface area contributed by atoms with Crippen LogP contribution in [-0.4, -0.2) is 11.9 Å². The molecule has 0 spiro atoms. The number of carbonyl (C=O) groups excluding carboxylic acids is 1. The first kappa shape index (κ1) is 15.6. The molecule has 1 fully saturated rings. The van der Waals surface area contributed by atoms with Crippen LogP contribution in [0.5, 0.6) is 0 Å². The number of furan rings is 1. The number of amides is 1. The standard InChI is InChI=1S/C18H15BrN2O2/c1-11-8-12(2-6-16(11)19)17-7-5-15(23-17)9-13(10-20)18(22)21-14-3-4-14/h2,5-9,14H,3-4H2,1H3,(H,21,22)/b13-9+. The average Bonchev–Trinajstić information content (AvgIpc) is 3.22. The van der Waals surface area contributed by atoms with Gasteiger partial charge in [0.15, 0.2) is 0 Å². The van der Waals surface area contributed by atoms with Gasteiger partial charge in [0, 0.05) is 22.2 Å². The molecule has 1 N–H and O–H groups in total. The van der Waals surface area contributed by atoms with Gasteiger partial charge in [-0.05, 0) is 49.6 Å². The lowest BCUT2D eigenvalue weighted by Crippen LogP contribution is -2.26. The van der Waals surface area contributed by atoms with Crippen LogP contribution in [0, 0.1) is 18.3 Å². The molecule has 116 valence electrons. The third-order valence-electron chi connectivity index (χ3n) is 3.63. The van der Waals surface area contributed by atoms with Crippen LogP contribution in [0.15, 0.2) is 44.8 Å². The number of aryl methyl sites for hydroxylation is 1. The van der Waals surface area contributed by atoms with E-state index in [2.05, 4.69) is 21.2 Å². The van der Waals surface area contributed by atoms with Crippen molar-refractivity contribution in [2.45, 2.75) is 25.8 Å². The van der Waals surface area contributed by atoms with E-state index in [9.17, 15) is 4.79 Å². The molecule has 5 heteroatoms. The smallest absolute Gasteiger partial charge is 0.262 e. The first-order valence-corrected chi connectivity index (χ1v) is 8.15. The van der Waals surface area contributed by atoms with Gasteiger partial charge in [-0.3, -0.25) is 4.79 Å². The van der Waals surface area contributed by atoms with Crippen molar-refractivity contribution >= 4 is 27.9 Å². The molecule has 0 unspecified atom stereocenters. The summed E-state index contributed by atoms with van der Waals surface area (Å²) in [4.78, 5) is 11.9. The Morgan fingerprint density at radius 2 is 2.17 bits per heavy atom. The van der Waals surface area contributed by atoms with Gasteiger partial charge in [-0.25, -0.2) is 0 Å². The zero-order chi connectivity index (χ0) is 16.4. The maximum Gasteiger partial charge on any atom is 0.262 e. The third kappa shape index (κ3) is 3.72. The van der Waals surface area contributed by atoms with Gasteiger partial charge < -0.3 is 9.73 Å². The van der Waals surface area contributed by atoms with Crippen LogP contribution < -0.4 is 5.32 Å². The summed E-state index contributed by atoms with van der Waals surface area (Å²) < 4.78 is 6.78. The lowest BCUT2D eigenvalue weighted by Gasteiger charge is -2.02. The fraction of sp³-hybridized carbons (Fsp3) is 0.222. The maximum absolute atomic E-state index is 11.9. The molecule has 1 aliphatic rings. The fourth-order valence-corrected chi connectivity index (χ4v) is 2.41. The van der Waals surface area contributed by atoms with Gasteiger partial charge in [-0.15, -0.1) is 0 Å². The van der Waals surface area contributed by atoms with Gasteiger partial charge in [0.05, 0.1) is 0 Å². The molecule has 1 amide bonds. The highest BCUT2D eigenvalue weighted by atomic mass is 79.9. The van der Waals surface area contributed by atoms with Crippen molar-refractivity contribution in [2.24, 2.45) is 0 Å². The minimum Gasteiger partial charge on any atom is -0.457 e. The summed E-state index contributed by atoms with van der Waals surface area (Å²) in [7, 11) is 0. The molecule has 23 heavy (non-hydrogen) atoms. The Kier molecular flexibility index (Phi) is 4.35. The van der Waals surface area contributed by atoms with Gasteiger partial charge in [-0.1, -0.05) is 22.0 Å². The van der Waals surface area contributed by atoms with E-state index in [4.69, 9.17) is 9.68 Å². The van der Waals surface area contributed by atoms with E-state index in [1.54, 1.807) is 6.07 Å². The van der Waals surface area contributed by atoms with Crippen molar-refractivity contribution in [3.63, 3.8) is 0 Å². The van der Waals surface area contributed by atoms with Gasteiger partial charge in [-0.2, -0.15) is 5.26 Å². The van der Waals surface area contributed by atoms with Crippen LogP contribution in [0.2, 0.25) is 0 Å². The SMILES string of the molecule is Cc1cc(-c2ccc(/C=C(\C#N)C(=O)NC3CC3)o2)ccc1Br. The number of carbonyl (C=O) groups is 1. The van der Waals surface area contributed by atoms with E-state index in [-0.39, 0.29) is 17.5 Å². The van der Waals surface area contributed by atoms with Gasteiger partial charge in [0.1, 0.15) is 23.2 Å². The Hall–Kier alpha value is -2.32.